The number of phenols is 2. The number of fused-ring (bicyclic) bond motifs is 3. The summed E-state index contributed by atoms with van der Waals surface area (Å²) in [7, 11) is 1.31. The number of Topliss-reactive ketones (excluding diaryl/α,β-unsaturated/α-hetero) is 1. The zero-order valence-corrected chi connectivity index (χ0v) is 30.6. The lowest BCUT2D eigenvalue weighted by molar-refractivity contribution is -0.249. The summed E-state index contributed by atoms with van der Waals surface area (Å²) in [6, 6.07) is 3.38. The number of benzene rings is 2. The third kappa shape index (κ3) is 9.15. The molecule has 2 aromatic rings. The van der Waals surface area contributed by atoms with Gasteiger partial charge in [0.1, 0.15) is 42.2 Å². The van der Waals surface area contributed by atoms with E-state index in [0.29, 0.717) is 39.6 Å². The van der Waals surface area contributed by atoms with Gasteiger partial charge < -0.3 is 69.7 Å². The molecule has 1 aliphatic heterocycles. The normalized spacial score (nSPS) is 24.5. The Morgan fingerprint density at radius 1 is 0.945 bits per heavy atom. The standard InChI is InChI=1S/C37H48N2O16/c1-19-32(43)22(39-26(42)18-53-13-12-52-11-10-51-9-8-50-7-6-38)14-27(54-19)55-24-16-37(48,25(41)17-40)15-21-29(24)36(47)31-30(34(21)45)33(44)20-4-3-5-23(49-2)28(20)35(31)46/h3-5,19,22,24,27,32,40,43,45,47-48H,6-18,38H2,1-2H3,(H,39,42)/t19-,22-,24-,27-,32+,37-/m0/s1. The number of hydrogen-bond donors (Lipinski definition) is 7. The van der Waals surface area contributed by atoms with Crippen LogP contribution in [0.25, 0.3) is 0 Å². The highest BCUT2D eigenvalue weighted by molar-refractivity contribution is 6.31. The number of ketones is 3. The van der Waals surface area contributed by atoms with E-state index in [4.69, 9.17) is 38.9 Å². The molecule has 0 saturated carbocycles. The fraction of sp³-hybridized carbons (Fsp3) is 0.568. The first-order valence-corrected chi connectivity index (χ1v) is 17.9. The van der Waals surface area contributed by atoms with Crippen LogP contribution in [0.5, 0.6) is 17.2 Å². The molecule has 1 saturated heterocycles. The molecule has 5 rings (SSSR count). The number of rotatable bonds is 19. The highest BCUT2D eigenvalue weighted by Gasteiger charge is 2.50. The molecule has 0 bridgehead atoms. The van der Waals surface area contributed by atoms with Gasteiger partial charge >= 0.3 is 0 Å². The van der Waals surface area contributed by atoms with Crippen LogP contribution in [0.1, 0.15) is 68.8 Å². The summed E-state index contributed by atoms with van der Waals surface area (Å²) in [6.07, 6.45) is -6.17. The van der Waals surface area contributed by atoms with Crippen molar-refractivity contribution in [3.63, 3.8) is 0 Å². The van der Waals surface area contributed by atoms with Gasteiger partial charge in [-0.2, -0.15) is 0 Å². The van der Waals surface area contributed by atoms with Gasteiger partial charge in [-0.05, 0) is 13.0 Å². The minimum Gasteiger partial charge on any atom is -0.507 e. The van der Waals surface area contributed by atoms with Crippen LogP contribution in [0.4, 0.5) is 0 Å². The number of aliphatic hydroxyl groups excluding tert-OH is 2. The van der Waals surface area contributed by atoms with Crippen LogP contribution < -0.4 is 15.8 Å². The van der Waals surface area contributed by atoms with Crippen molar-refractivity contribution in [3.8, 4) is 17.2 Å². The Labute approximate surface area is 316 Å². The Bertz CT molecular complexity index is 1740. The minimum atomic E-state index is -2.34. The third-order valence-electron chi connectivity index (χ3n) is 9.72. The predicted molar refractivity (Wildman–Crippen MR) is 188 cm³/mol. The molecular formula is C37H48N2O16. The van der Waals surface area contributed by atoms with Gasteiger partial charge in [0.2, 0.25) is 11.7 Å². The Balaban J connectivity index is 1.28. The van der Waals surface area contributed by atoms with E-state index in [0.717, 1.165) is 0 Å². The topological polar surface area (TPSA) is 272 Å². The maximum absolute atomic E-state index is 13.9. The second kappa shape index (κ2) is 18.7. The van der Waals surface area contributed by atoms with Gasteiger partial charge in [0, 0.05) is 42.5 Å². The summed E-state index contributed by atoms with van der Waals surface area (Å²) < 4.78 is 38.8. The van der Waals surface area contributed by atoms with Gasteiger partial charge in [0.25, 0.3) is 0 Å². The van der Waals surface area contributed by atoms with Crippen LogP contribution in [0.2, 0.25) is 0 Å². The van der Waals surface area contributed by atoms with E-state index >= 15 is 0 Å². The van der Waals surface area contributed by atoms with Gasteiger partial charge in [-0.1, -0.05) is 12.1 Å². The number of methoxy groups -OCH3 is 1. The fourth-order valence-electron chi connectivity index (χ4n) is 7.02. The van der Waals surface area contributed by atoms with Gasteiger partial charge in [0.15, 0.2) is 17.9 Å². The molecule has 1 amide bonds. The molecule has 2 aliphatic carbocycles. The summed E-state index contributed by atoms with van der Waals surface area (Å²) in [5.41, 5.74) is 1.30. The zero-order chi connectivity index (χ0) is 39.9. The fourth-order valence-corrected chi connectivity index (χ4v) is 7.02. The van der Waals surface area contributed by atoms with E-state index in [1.807, 2.05) is 0 Å². The maximum Gasteiger partial charge on any atom is 0.246 e. The number of carbonyl (C=O) groups is 4. The average Bonchev–Trinajstić information content (AvgIpc) is 3.16. The van der Waals surface area contributed by atoms with E-state index in [1.54, 1.807) is 0 Å². The summed E-state index contributed by atoms with van der Waals surface area (Å²) in [4.78, 5) is 53.3. The SMILES string of the molecule is COc1cccc2c1C(=O)c1c(O)c3c(c(O)c1C2=O)C[C@@](O)(C(=O)CO)C[C@@H]3O[C@H]1C[C@H](NC(=O)COCCOCCOCCOCCN)[C@H](O)[C@H](C)O1. The van der Waals surface area contributed by atoms with Crippen molar-refractivity contribution in [1.82, 2.24) is 5.32 Å². The number of nitrogens with two attached hydrogens (primary N) is 1. The molecule has 18 heteroatoms. The van der Waals surface area contributed by atoms with Crippen molar-refractivity contribution < 1.29 is 77.9 Å². The summed E-state index contributed by atoms with van der Waals surface area (Å²) in [5.74, 6) is -4.63. The van der Waals surface area contributed by atoms with Crippen LogP contribution >= 0.6 is 0 Å². The first kappa shape index (κ1) is 42.1. The largest absolute Gasteiger partial charge is 0.507 e. The predicted octanol–water partition coefficient (Wildman–Crippen LogP) is -0.816. The molecule has 3 aliphatic rings. The van der Waals surface area contributed by atoms with E-state index in [-0.39, 0.29) is 54.2 Å². The monoisotopic (exact) mass is 776 g/mol. The molecular weight excluding hydrogens is 728 g/mol. The van der Waals surface area contributed by atoms with Gasteiger partial charge in [-0.15, -0.1) is 0 Å². The van der Waals surface area contributed by atoms with Gasteiger partial charge in [-0.3, -0.25) is 19.2 Å². The minimum absolute atomic E-state index is 0.0611. The maximum atomic E-state index is 13.9. The molecule has 0 spiro atoms. The first-order valence-electron chi connectivity index (χ1n) is 17.9. The summed E-state index contributed by atoms with van der Waals surface area (Å²) in [6.45, 7) is 2.80. The number of amides is 1. The molecule has 2 aromatic carbocycles. The number of carbonyl (C=O) groups excluding carboxylic acids is 4. The molecule has 0 unspecified atom stereocenters. The summed E-state index contributed by atoms with van der Waals surface area (Å²) >= 11 is 0. The van der Waals surface area contributed by atoms with E-state index in [2.05, 4.69) is 5.32 Å². The number of phenolic OH excluding ortho intramolecular Hbond substituents is 2. The lowest BCUT2D eigenvalue weighted by Gasteiger charge is -2.42. The number of ether oxygens (including phenoxy) is 7. The number of aliphatic hydroxyl groups is 3. The molecule has 302 valence electrons. The summed E-state index contributed by atoms with van der Waals surface area (Å²) in [5, 5.41) is 58.1. The van der Waals surface area contributed by atoms with Crippen molar-refractivity contribution in [2.75, 3.05) is 73.1 Å². The van der Waals surface area contributed by atoms with Crippen LogP contribution in [-0.4, -0.2) is 152 Å². The number of aromatic hydroxyl groups is 2. The number of nitrogens with one attached hydrogen (secondary N) is 1. The number of hydrogen-bond acceptors (Lipinski definition) is 17. The van der Waals surface area contributed by atoms with Crippen molar-refractivity contribution in [2.45, 2.75) is 62.4 Å². The average molecular weight is 777 g/mol. The lowest BCUT2D eigenvalue weighted by Crippen LogP contribution is -2.56. The quantitative estimate of drug-likeness (QED) is 0.0579. The molecule has 55 heavy (non-hydrogen) atoms. The van der Waals surface area contributed by atoms with Crippen LogP contribution in [0, 0.1) is 0 Å². The third-order valence-corrected chi connectivity index (χ3v) is 9.72. The highest BCUT2D eigenvalue weighted by atomic mass is 16.7. The van der Waals surface area contributed by atoms with E-state index in [1.165, 1.54) is 32.2 Å². The van der Waals surface area contributed by atoms with Gasteiger partial charge in [0.05, 0.1) is 88.3 Å². The van der Waals surface area contributed by atoms with Crippen molar-refractivity contribution in [2.24, 2.45) is 5.73 Å². The molecule has 8 N–H and O–H groups in total. The molecule has 0 aromatic heterocycles. The molecule has 1 fully saturated rings. The van der Waals surface area contributed by atoms with Gasteiger partial charge in [-0.25, -0.2) is 0 Å². The zero-order valence-electron chi connectivity index (χ0n) is 30.6. The van der Waals surface area contributed by atoms with E-state index < -0.39 is 102 Å². The molecule has 6 atom stereocenters. The van der Waals surface area contributed by atoms with Crippen molar-refractivity contribution >= 4 is 23.3 Å². The van der Waals surface area contributed by atoms with Crippen LogP contribution in [-0.2, 0) is 44.4 Å². The Kier molecular flexibility index (Phi) is 14.3. The smallest absolute Gasteiger partial charge is 0.246 e. The van der Waals surface area contributed by atoms with E-state index in [9.17, 15) is 44.7 Å². The second-order valence-corrected chi connectivity index (χ2v) is 13.3. The Morgan fingerprint density at radius 2 is 1.58 bits per heavy atom. The van der Waals surface area contributed by atoms with Crippen LogP contribution in [0.15, 0.2) is 18.2 Å². The first-order chi connectivity index (χ1) is 26.4. The lowest BCUT2D eigenvalue weighted by atomic mass is 9.72. The molecule has 18 nitrogen and oxygen atoms in total. The van der Waals surface area contributed by atoms with Crippen LogP contribution in [0.3, 0.4) is 0 Å². The van der Waals surface area contributed by atoms with Crippen molar-refractivity contribution in [1.29, 1.82) is 0 Å². The highest BCUT2D eigenvalue weighted by Crippen LogP contribution is 2.52. The second-order valence-electron chi connectivity index (χ2n) is 13.3. The molecule has 0 radical (unpaired) electrons. The Morgan fingerprint density at radius 3 is 2.22 bits per heavy atom. The Hall–Kier alpha value is -4.08. The van der Waals surface area contributed by atoms with Crippen molar-refractivity contribution in [3.05, 3.63) is 51.6 Å². The molecule has 1 heterocycles.